The maximum absolute atomic E-state index is 6.75. The van der Waals surface area contributed by atoms with Crippen molar-refractivity contribution in [2.24, 2.45) is 0 Å². The first kappa shape index (κ1) is 19.0. The van der Waals surface area contributed by atoms with Crippen molar-refractivity contribution in [1.82, 2.24) is 0 Å². The van der Waals surface area contributed by atoms with E-state index in [1.165, 1.54) is 4.91 Å². The molecule has 0 rings (SSSR count). The molecule has 0 aliphatic heterocycles. The van der Waals surface area contributed by atoms with Crippen molar-refractivity contribution >= 4 is 15.2 Å². The molecule has 12 heavy (non-hydrogen) atoms. The third kappa shape index (κ3) is 11.4. The summed E-state index contributed by atoms with van der Waals surface area (Å²) in [5.74, 6) is 0. The molecule has 0 radical (unpaired) electrons. The number of hydrogen-bond acceptors (Lipinski definition) is 0. The standard InChI is InChI=1S/C6H18Si2.K.N3/c1-7(2,3)8(4,5)6;;1-3-2/h1-6H3;;/q;+1;-1. The second-order valence-electron chi connectivity index (χ2n) is 4.59. The zero-order chi connectivity index (χ0) is 9.71. The Morgan fingerprint density at radius 1 is 0.750 bits per heavy atom. The Labute approximate surface area is 120 Å². The number of rotatable bonds is 1. The summed E-state index contributed by atoms with van der Waals surface area (Å²) in [4.78, 5) is 1.50. The van der Waals surface area contributed by atoms with E-state index in [1.807, 2.05) is 0 Å². The van der Waals surface area contributed by atoms with Crippen LogP contribution in [0.2, 0.25) is 39.3 Å². The summed E-state index contributed by atoms with van der Waals surface area (Å²) in [6, 6.07) is 0. The molecule has 0 fully saturated rings. The van der Waals surface area contributed by atoms with E-state index < -0.39 is 15.2 Å². The molecule has 0 heterocycles. The Bertz CT molecular complexity index is 130. The fraction of sp³-hybridized carbons (Fsp3) is 1.00. The summed E-state index contributed by atoms with van der Waals surface area (Å²) in [6.07, 6.45) is 0. The Balaban J connectivity index is -0.000000177. The summed E-state index contributed by atoms with van der Waals surface area (Å²) in [7, 11) is -1.44. The molecule has 0 bridgehead atoms. The van der Waals surface area contributed by atoms with Crippen molar-refractivity contribution in [2.45, 2.75) is 39.3 Å². The molecule has 0 amide bonds. The maximum Gasteiger partial charge on any atom is 1.00 e. The molecule has 6 heteroatoms. The topological polar surface area (TPSA) is 58.7 Å². The van der Waals surface area contributed by atoms with Gasteiger partial charge in [-0.15, -0.1) is 0 Å². The molecule has 0 aliphatic rings. The SMILES string of the molecule is C[Si](C)(C)[Si](C)(C)C.[K+].[N-]=[N+]=[N-]. The fourth-order valence-electron chi connectivity index (χ4n) is 0. The van der Waals surface area contributed by atoms with Gasteiger partial charge in [0.2, 0.25) is 0 Å². The van der Waals surface area contributed by atoms with E-state index in [9.17, 15) is 0 Å². The zero-order valence-electron chi connectivity index (χ0n) is 9.34. The second kappa shape index (κ2) is 7.75. The van der Waals surface area contributed by atoms with Gasteiger partial charge in [-0.1, -0.05) is 39.3 Å². The molecule has 0 saturated heterocycles. The predicted molar refractivity (Wildman–Crippen MR) is 56.8 cm³/mol. The quantitative estimate of drug-likeness (QED) is 0.273. The molecule has 0 aromatic carbocycles. The first-order valence-electron chi connectivity index (χ1n) is 3.65. The van der Waals surface area contributed by atoms with Crippen LogP contribution in [0.3, 0.4) is 0 Å². The summed E-state index contributed by atoms with van der Waals surface area (Å²) in [6.45, 7) is 14.8. The third-order valence-corrected chi connectivity index (χ3v) is 20.2. The first-order valence-corrected chi connectivity index (χ1v) is 11.6. The minimum absolute atomic E-state index is 0. The monoisotopic (exact) mass is 227 g/mol. The maximum atomic E-state index is 6.75. The predicted octanol–water partition coefficient (Wildman–Crippen LogP) is 0.611. The van der Waals surface area contributed by atoms with Crippen molar-refractivity contribution < 1.29 is 51.4 Å². The van der Waals surface area contributed by atoms with Crippen LogP contribution in [0.5, 0.6) is 0 Å². The molecular weight excluding hydrogens is 209 g/mol. The smallest absolute Gasteiger partial charge is 0.373 e. The van der Waals surface area contributed by atoms with Gasteiger partial charge in [-0.3, -0.25) is 4.91 Å². The Morgan fingerprint density at radius 2 is 0.833 bits per heavy atom. The Kier molecular flexibility index (Phi) is 12.3. The van der Waals surface area contributed by atoms with Crippen molar-refractivity contribution in [3.63, 3.8) is 0 Å². The van der Waals surface area contributed by atoms with E-state index in [0.717, 1.165) is 0 Å². The van der Waals surface area contributed by atoms with Crippen LogP contribution in [0.1, 0.15) is 0 Å². The molecule has 0 atom stereocenters. The van der Waals surface area contributed by atoms with E-state index in [-0.39, 0.29) is 51.4 Å². The minimum Gasteiger partial charge on any atom is -0.373 e. The van der Waals surface area contributed by atoms with E-state index in [1.54, 1.807) is 0 Å². The van der Waals surface area contributed by atoms with Crippen LogP contribution in [-0.2, 0) is 0 Å². The summed E-state index contributed by atoms with van der Waals surface area (Å²) >= 11 is 0. The number of hydrogen-bond donors (Lipinski definition) is 0. The largest absolute Gasteiger partial charge is 1.00 e. The summed E-state index contributed by atoms with van der Waals surface area (Å²) in [5.41, 5.74) is 13.5. The van der Waals surface area contributed by atoms with Crippen molar-refractivity contribution in [3.05, 3.63) is 16.0 Å². The van der Waals surface area contributed by atoms with Gasteiger partial charge in [0.1, 0.15) is 0 Å². The summed E-state index contributed by atoms with van der Waals surface area (Å²) in [5, 5.41) is 0. The molecule has 0 spiro atoms. The van der Waals surface area contributed by atoms with Gasteiger partial charge in [0.15, 0.2) is 0 Å². The summed E-state index contributed by atoms with van der Waals surface area (Å²) < 4.78 is 0. The van der Waals surface area contributed by atoms with Crippen LogP contribution in [0.25, 0.3) is 16.0 Å². The van der Waals surface area contributed by atoms with E-state index in [4.69, 9.17) is 11.1 Å². The van der Waals surface area contributed by atoms with Crippen LogP contribution in [0, 0.1) is 0 Å². The van der Waals surface area contributed by atoms with Gasteiger partial charge in [-0.05, 0) is 0 Å². The van der Waals surface area contributed by atoms with E-state index in [0.29, 0.717) is 0 Å². The van der Waals surface area contributed by atoms with Crippen LogP contribution in [0.4, 0.5) is 0 Å². The van der Waals surface area contributed by atoms with Crippen LogP contribution in [0.15, 0.2) is 0 Å². The molecular formula is C6H18KN3Si2. The fourth-order valence-corrected chi connectivity index (χ4v) is 0. The molecule has 0 saturated carbocycles. The van der Waals surface area contributed by atoms with Gasteiger partial charge >= 0.3 is 51.4 Å². The molecule has 0 aliphatic carbocycles. The van der Waals surface area contributed by atoms with Crippen LogP contribution >= 0.6 is 0 Å². The van der Waals surface area contributed by atoms with Gasteiger partial charge in [0.05, 0.1) is 0 Å². The van der Waals surface area contributed by atoms with E-state index in [2.05, 4.69) is 39.3 Å². The van der Waals surface area contributed by atoms with E-state index >= 15 is 0 Å². The first-order chi connectivity index (χ1) is 4.66. The average molecular weight is 228 g/mol. The van der Waals surface area contributed by atoms with Crippen molar-refractivity contribution in [3.8, 4) is 0 Å². The normalized spacial score (nSPS) is 10.2. The van der Waals surface area contributed by atoms with Gasteiger partial charge in [0, 0.05) is 15.2 Å². The number of nitrogens with zero attached hydrogens (tertiary/aromatic N) is 3. The molecule has 3 nitrogen and oxygen atoms in total. The molecule has 0 aromatic rings. The minimum atomic E-state index is -0.720. The third-order valence-electron chi connectivity index (χ3n) is 2.25. The van der Waals surface area contributed by atoms with Gasteiger partial charge in [0.25, 0.3) is 0 Å². The molecule has 0 unspecified atom stereocenters. The Hall–Kier alpha value is 1.38. The second-order valence-corrected chi connectivity index (χ2v) is 22.6. The van der Waals surface area contributed by atoms with Crippen LogP contribution in [-0.4, -0.2) is 15.2 Å². The average Bonchev–Trinajstić information content (AvgIpc) is 1.60. The van der Waals surface area contributed by atoms with Crippen LogP contribution < -0.4 is 51.4 Å². The molecule has 0 aromatic heterocycles. The zero-order valence-corrected chi connectivity index (χ0v) is 14.5. The van der Waals surface area contributed by atoms with Gasteiger partial charge in [-0.2, -0.15) is 0 Å². The molecule has 0 N–H and O–H groups in total. The molecule has 66 valence electrons. The van der Waals surface area contributed by atoms with Crippen molar-refractivity contribution in [2.75, 3.05) is 0 Å². The van der Waals surface area contributed by atoms with Gasteiger partial charge < -0.3 is 11.1 Å². The van der Waals surface area contributed by atoms with Gasteiger partial charge in [-0.25, -0.2) is 0 Å². The Morgan fingerprint density at radius 3 is 0.833 bits per heavy atom. The van der Waals surface area contributed by atoms with Crippen molar-refractivity contribution in [1.29, 1.82) is 0 Å².